The molecule has 0 radical (unpaired) electrons. The maximum absolute atomic E-state index is 12.2. The van der Waals surface area contributed by atoms with Crippen molar-refractivity contribution in [3.8, 4) is 0 Å². The van der Waals surface area contributed by atoms with Crippen LogP contribution in [-0.4, -0.2) is 41.8 Å². The van der Waals surface area contributed by atoms with Gasteiger partial charge in [0.2, 0.25) is 11.8 Å². The van der Waals surface area contributed by atoms with Gasteiger partial charge in [-0.15, -0.1) is 0 Å². The SMILES string of the molecule is CN(Cc1ccccc1)C(=O)CC(=O)N1CCCCCC1. The summed E-state index contributed by atoms with van der Waals surface area (Å²) in [5.41, 5.74) is 1.08. The maximum atomic E-state index is 12.2. The van der Waals surface area contributed by atoms with Crippen molar-refractivity contribution in [1.82, 2.24) is 9.80 Å². The molecular weight excluding hydrogens is 264 g/mol. The monoisotopic (exact) mass is 288 g/mol. The minimum absolute atomic E-state index is 0.0106. The van der Waals surface area contributed by atoms with Crippen molar-refractivity contribution < 1.29 is 9.59 Å². The number of hydrogen-bond donors (Lipinski definition) is 0. The molecule has 0 atom stereocenters. The predicted molar refractivity (Wildman–Crippen MR) is 82.6 cm³/mol. The van der Waals surface area contributed by atoms with E-state index in [2.05, 4.69) is 0 Å². The molecule has 2 amide bonds. The van der Waals surface area contributed by atoms with E-state index in [0.717, 1.165) is 31.5 Å². The first-order valence-electron chi connectivity index (χ1n) is 7.72. The van der Waals surface area contributed by atoms with E-state index < -0.39 is 0 Å². The molecule has 4 heteroatoms. The number of rotatable bonds is 4. The highest BCUT2D eigenvalue weighted by atomic mass is 16.2. The summed E-state index contributed by atoms with van der Waals surface area (Å²) in [5, 5.41) is 0. The quantitative estimate of drug-likeness (QED) is 0.798. The smallest absolute Gasteiger partial charge is 0.232 e. The van der Waals surface area contributed by atoms with Gasteiger partial charge in [0.25, 0.3) is 0 Å². The summed E-state index contributed by atoms with van der Waals surface area (Å²) in [6.07, 6.45) is 4.47. The fourth-order valence-corrected chi connectivity index (χ4v) is 2.64. The van der Waals surface area contributed by atoms with Gasteiger partial charge in [-0.2, -0.15) is 0 Å². The molecule has 1 heterocycles. The highest BCUT2D eigenvalue weighted by Crippen LogP contribution is 2.11. The van der Waals surface area contributed by atoms with Gasteiger partial charge in [0.05, 0.1) is 0 Å². The van der Waals surface area contributed by atoms with Crippen molar-refractivity contribution >= 4 is 11.8 Å². The van der Waals surface area contributed by atoms with Crippen molar-refractivity contribution in [3.05, 3.63) is 35.9 Å². The number of amides is 2. The van der Waals surface area contributed by atoms with E-state index in [1.165, 1.54) is 12.8 Å². The summed E-state index contributed by atoms with van der Waals surface area (Å²) < 4.78 is 0. The second-order valence-corrected chi connectivity index (χ2v) is 5.71. The van der Waals surface area contributed by atoms with Crippen molar-refractivity contribution in [1.29, 1.82) is 0 Å². The van der Waals surface area contributed by atoms with Gasteiger partial charge >= 0.3 is 0 Å². The van der Waals surface area contributed by atoms with Gasteiger partial charge < -0.3 is 9.80 Å². The van der Waals surface area contributed by atoms with Gasteiger partial charge in [0.1, 0.15) is 6.42 Å². The van der Waals surface area contributed by atoms with E-state index >= 15 is 0 Å². The number of likely N-dealkylation sites (tertiary alicyclic amines) is 1. The zero-order valence-electron chi connectivity index (χ0n) is 12.8. The molecule has 0 aromatic heterocycles. The Morgan fingerprint density at radius 1 is 1.05 bits per heavy atom. The Bertz CT molecular complexity index is 465. The lowest BCUT2D eigenvalue weighted by molar-refractivity contribution is -0.140. The molecule has 4 nitrogen and oxygen atoms in total. The molecule has 1 aromatic carbocycles. The van der Waals surface area contributed by atoms with Crippen LogP contribution < -0.4 is 0 Å². The minimum atomic E-state index is -0.104. The lowest BCUT2D eigenvalue weighted by Crippen LogP contribution is -2.36. The van der Waals surface area contributed by atoms with Gasteiger partial charge in [-0.25, -0.2) is 0 Å². The van der Waals surface area contributed by atoms with Crippen LogP contribution in [0, 0.1) is 0 Å². The lowest BCUT2D eigenvalue weighted by atomic mass is 10.2. The molecule has 21 heavy (non-hydrogen) atoms. The first-order chi connectivity index (χ1) is 10.2. The normalized spacial score (nSPS) is 15.4. The standard InChI is InChI=1S/C17H24N2O2/c1-18(14-15-9-5-4-6-10-15)16(20)13-17(21)19-11-7-2-3-8-12-19/h4-6,9-10H,2-3,7-8,11-14H2,1H3. The molecule has 1 aliphatic rings. The van der Waals surface area contributed by atoms with Crippen LogP contribution in [-0.2, 0) is 16.1 Å². The Balaban J connectivity index is 1.83. The highest BCUT2D eigenvalue weighted by molar-refractivity contribution is 5.96. The Kier molecular flexibility index (Phi) is 5.78. The van der Waals surface area contributed by atoms with Crippen molar-refractivity contribution in [2.75, 3.05) is 20.1 Å². The van der Waals surface area contributed by atoms with Gasteiger partial charge in [-0.3, -0.25) is 9.59 Å². The molecule has 1 saturated heterocycles. The summed E-state index contributed by atoms with van der Waals surface area (Å²) >= 11 is 0. The van der Waals surface area contributed by atoms with E-state index in [0.29, 0.717) is 6.54 Å². The van der Waals surface area contributed by atoms with Crippen LogP contribution in [0.25, 0.3) is 0 Å². The lowest BCUT2D eigenvalue weighted by Gasteiger charge is -2.22. The van der Waals surface area contributed by atoms with Gasteiger partial charge in [0.15, 0.2) is 0 Å². The van der Waals surface area contributed by atoms with E-state index in [1.807, 2.05) is 35.2 Å². The Hall–Kier alpha value is -1.84. The van der Waals surface area contributed by atoms with Crippen molar-refractivity contribution in [3.63, 3.8) is 0 Å². The van der Waals surface area contributed by atoms with Crippen LogP contribution in [0.1, 0.15) is 37.7 Å². The number of nitrogens with zero attached hydrogens (tertiary/aromatic N) is 2. The van der Waals surface area contributed by atoms with Crippen LogP contribution in [0.2, 0.25) is 0 Å². The zero-order chi connectivity index (χ0) is 15.1. The van der Waals surface area contributed by atoms with Crippen LogP contribution in [0.3, 0.4) is 0 Å². The second kappa shape index (κ2) is 7.81. The molecule has 0 N–H and O–H groups in total. The fraction of sp³-hybridized carbons (Fsp3) is 0.529. The van der Waals surface area contributed by atoms with E-state index in [9.17, 15) is 9.59 Å². The summed E-state index contributed by atoms with van der Waals surface area (Å²) in [4.78, 5) is 27.8. The summed E-state index contributed by atoms with van der Waals surface area (Å²) in [6, 6.07) is 9.83. The number of carbonyl (C=O) groups is 2. The average molecular weight is 288 g/mol. The van der Waals surface area contributed by atoms with E-state index in [1.54, 1.807) is 11.9 Å². The van der Waals surface area contributed by atoms with Crippen LogP contribution in [0.5, 0.6) is 0 Å². The Labute approximate surface area is 126 Å². The molecule has 0 aliphatic carbocycles. The summed E-state index contributed by atoms with van der Waals surface area (Å²) in [7, 11) is 1.75. The predicted octanol–water partition coefficient (Wildman–Crippen LogP) is 2.44. The fourth-order valence-electron chi connectivity index (χ4n) is 2.64. The van der Waals surface area contributed by atoms with Crippen LogP contribution in [0.4, 0.5) is 0 Å². The minimum Gasteiger partial charge on any atom is -0.342 e. The molecule has 1 aliphatic heterocycles. The van der Waals surface area contributed by atoms with Crippen LogP contribution in [0.15, 0.2) is 30.3 Å². The largest absolute Gasteiger partial charge is 0.342 e. The first-order valence-corrected chi connectivity index (χ1v) is 7.72. The van der Waals surface area contributed by atoms with Crippen LogP contribution >= 0.6 is 0 Å². The molecular formula is C17H24N2O2. The Morgan fingerprint density at radius 2 is 1.67 bits per heavy atom. The summed E-state index contributed by atoms with van der Waals surface area (Å²) in [6.45, 7) is 2.15. The van der Waals surface area contributed by atoms with Crippen molar-refractivity contribution in [2.24, 2.45) is 0 Å². The molecule has 0 unspecified atom stereocenters. The Morgan fingerprint density at radius 3 is 2.29 bits per heavy atom. The topological polar surface area (TPSA) is 40.6 Å². The average Bonchev–Trinajstić information content (AvgIpc) is 2.77. The summed E-state index contributed by atoms with van der Waals surface area (Å²) in [5.74, 6) is -0.130. The third-order valence-electron chi connectivity index (χ3n) is 3.95. The van der Waals surface area contributed by atoms with Crippen molar-refractivity contribution in [2.45, 2.75) is 38.6 Å². The number of carbonyl (C=O) groups excluding carboxylic acids is 2. The molecule has 2 rings (SSSR count). The molecule has 0 bridgehead atoms. The highest BCUT2D eigenvalue weighted by Gasteiger charge is 2.20. The third kappa shape index (κ3) is 4.88. The van der Waals surface area contributed by atoms with Gasteiger partial charge in [0, 0.05) is 26.7 Å². The van der Waals surface area contributed by atoms with E-state index in [-0.39, 0.29) is 18.2 Å². The molecule has 0 spiro atoms. The molecule has 114 valence electrons. The third-order valence-corrected chi connectivity index (χ3v) is 3.95. The van der Waals surface area contributed by atoms with Gasteiger partial charge in [-0.1, -0.05) is 43.2 Å². The number of hydrogen-bond acceptors (Lipinski definition) is 2. The maximum Gasteiger partial charge on any atom is 0.232 e. The number of benzene rings is 1. The van der Waals surface area contributed by atoms with Gasteiger partial charge in [-0.05, 0) is 18.4 Å². The second-order valence-electron chi connectivity index (χ2n) is 5.71. The molecule has 0 saturated carbocycles. The zero-order valence-corrected chi connectivity index (χ0v) is 12.8. The van der Waals surface area contributed by atoms with E-state index in [4.69, 9.17) is 0 Å². The first kappa shape index (κ1) is 15.5. The molecule has 1 fully saturated rings. The molecule has 1 aromatic rings.